The van der Waals surface area contributed by atoms with Crippen LogP contribution in [0.25, 0.3) is 71.4 Å². The summed E-state index contributed by atoms with van der Waals surface area (Å²) in [5, 5.41) is 6.29. The summed E-state index contributed by atoms with van der Waals surface area (Å²) in [4.78, 5) is 8.08. The third-order valence-electron chi connectivity index (χ3n) is 12.6. The molecule has 0 saturated carbocycles. The number of hydrogen-bond donors (Lipinski definition) is 0. The lowest BCUT2D eigenvalue weighted by atomic mass is 9.77. The van der Waals surface area contributed by atoms with Crippen molar-refractivity contribution in [2.24, 2.45) is 0 Å². The number of rotatable bonds is 5. The molecule has 3 heterocycles. The summed E-state index contributed by atoms with van der Waals surface area (Å²) in [5.74, 6) is 7.25. The molecule has 0 amide bonds. The summed E-state index contributed by atoms with van der Waals surface area (Å²) in [6, 6.07) is 57.9. The van der Waals surface area contributed by atoms with Crippen molar-refractivity contribution in [1.29, 1.82) is 0 Å². The minimum absolute atomic E-state index is 0.127. The number of thioether (sulfide) groups is 1. The van der Waals surface area contributed by atoms with Gasteiger partial charge in [0.1, 0.15) is 0 Å². The Morgan fingerprint density at radius 2 is 1.47 bits per heavy atom. The molecular formula is C57H38N2S. The van der Waals surface area contributed by atoms with Crippen molar-refractivity contribution in [2.45, 2.75) is 30.1 Å². The first kappa shape index (κ1) is 34.9. The Bertz CT molecular complexity index is 3460. The molecule has 2 atom stereocenters. The van der Waals surface area contributed by atoms with Crippen LogP contribution in [-0.4, -0.2) is 9.55 Å². The summed E-state index contributed by atoms with van der Waals surface area (Å²) < 4.78 is 2.42. The van der Waals surface area contributed by atoms with E-state index < -0.39 is 0 Å². The van der Waals surface area contributed by atoms with Crippen LogP contribution in [0.1, 0.15) is 46.2 Å². The molecule has 282 valence electrons. The Morgan fingerprint density at radius 1 is 0.683 bits per heavy atom. The number of aromatic nitrogens is 2. The van der Waals surface area contributed by atoms with Crippen LogP contribution in [0.5, 0.6) is 0 Å². The van der Waals surface area contributed by atoms with Crippen molar-refractivity contribution in [2.75, 3.05) is 0 Å². The standard InChI is InChI=1S/C57H38N2S/c1-36-15-8-10-19-41(36)43-21-6-3-7-22-44(43)51-35-47(45-23-12-13-25-50(45)58-51)46-24-14-26-55-57(46)49-34-39(29-32-54(49)60-55)38-28-30-52-48(33-38)56-42-20-11-9-16-37(42)27-31-53(56)59(52)40-17-4-2-5-18-40/h2,4-5,7-20,22-35,46,57H,3H2,1H3. The summed E-state index contributed by atoms with van der Waals surface area (Å²) in [7, 11) is 0. The van der Waals surface area contributed by atoms with Crippen LogP contribution in [-0.2, 0) is 0 Å². The Morgan fingerprint density at radius 3 is 2.38 bits per heavy atom. The van der Waals surface area contributed by atoms with Crippen molar-refractivity contribution in [3.8, 4) is 28.7 Å². The van der Waals surface area contributed by atoms with Gasteiger partial charge in [-0.2, -0.15) is 0 Å². The smallest absolute Gasteiger partial charge is 0.0725 e. The van der Waals surface area contributed by atoms with Crippen LogP contribution in [0.15, 0.2) is 198 Å². The lowest BCUT2D eigenvalue weighted by Gasteiger charge is -2.27. The van der Waals surface area contributed by atoms with E-state index in [1.807, 2.05) is 11.8 Å². The highest BCUT2D eigenvalue weighted by molar-refractivity contribution is 8.03. The van der Waals surface area contributed by atoms with Crippen molar-refractivity contribution < 1.29 is 0 Å². The number of aryl methyl sites for hydroxylation is 1. The fraction of sp³-hybridized carbons (Fsp3) is 0.0702. The van der Waals surface area contributed by atoms with E-state index in [-0.39, 0.29) is 11.8 Å². The molecule has 7 aromatic carbocycles. The van der Waals surface area contributed by atoms with Crippen LogP contribution in [0.3, 0.4) is 0 Å². The van der Waals surface area contributed by atoms with Crippen molar-refractivity contribution in [3.63, 3.8) is 0 Å². The summed E-state index contributed by atoms with van der Waals surface area (Å²) in [6.45, 7) is 2.17. The molecule has 9 aromatic rings. The average molecular weight is 783 g/mol. The summed E-state index contributed by atoms with van der Waals surface area (Å²) in [5.41, 5.74) is 15.2. The molecular weight excluding hydrogens is 745 g/mol. The number of fused-ring (bicyclic) bond motifs is 9. The van der Waals surface area contributed by atoms with E-state index >= 15 is 0 Å². The first-order valence-corrected chi connectivity index (χ1v) is 21.6. The Labute approximate surface area is 353 Å². The topological polar surface area (TPSA) is 17.8 Å². The van der Waals surface area contributed by atoms with Gasteiger partial charge in [-0.3, -0.25) is 0 Å². The highest BCUT2D eigenvalue weighted by Crippen LogP contribution is 2.57. The maximum Gasteiger partial charge on any atom is 0.0725 e. The molecule has 0 fully saturated rings. The van der Waals surface area contributed by atoms with Gasteiger partial charge in [-0.1, -0.05) is 157 Å². The molecule has 0 radical (unpaired) electrons. The zero-order valence-corrected chi connectivity index (χ0v) is 33.9. The maximum absolute atomic E-state index is 5.35. The molecule has 2 aliphatic carbocycles. The van der Waals surface area contributed by atoms with Gasteiger partial charge < -0.3 is 4.57 Å². The SMILES string of the molecule is Cc1ccccc1C1=C(c2cc(C3C=CC=C4Sc5ccc(-c6ccc7c(c6)c6c8ccccc8ccc6n7-c6ccccc6)cc5C43)c3ccccc3n2)C=CCC#C1. The van der Waals surface area contributed by atoms with E-state index in [1.54, 1.807) is 0 Å². The molecule has 12 rings (SSSR count). The third kappa shape index (κ3) is 5.56. The molecule has 2 aromatic heterocycles. The highest BCUT2D eigenvalue weighted by atomic mass is 32.2. The number of benzene rings is 7. The molecule has 0 bridgehead atoms. The minimum Gasteiger partial charge on any atom is -0.309 e. The summed E-state index contributed by atoms with van der Waals surface area (Å²) >= 11 is 1.92. The zero-order chi connectivity index (χ0) is 39.7. The van der Waals surface area contributed by atoms with Crippen molar-refractivity contribution in [1.82, 2.24) is 9.55 Å². The van der Waals surface area contributed by atoms with Gasteiger partial charge in [0, 0.05) is 56.1 Å². The fourth-order valence-corrected chi connectivity index (χ4v) is 11.1. The molecule has 3 aliphatic rings. The number of nitrogens with zero attached hydrogens (tertiary/aromatic N) is 2. The minimum atomic E-state index is 0.127. The number of hydrogen-bond acceptors (Lipinski definition) is 2. The zero-order valence-electron chi connectivity index (χ0n) is 33.1. The Balaban J connectivity index is 1.01. The van der Waals surface area contributed by atoms with E-state index in [1.165, 1.54) is 81.3 Å². The average Bonchev–Trinajstić information content (AvgIpc) is 3.74. The molecule has 2 nitrogen and oxygen atoms in total. The van der Waals surface area contributed by atoms with Crippen LogP contribution in [0.4, 0.5) is 0 Å². The van der Waals surface area contributed by atoms with E-state index in [9.17, 15) is 0 Å². The highest BCUT2D eigenvalue weighted by Gasteiger charge is 2.37. The van der Waals surface area contributed by atoms with Gasteiger partial charge in [0.2, 0.25) is 0 Å². The quantitative estimate of drug-likeness (QED) is 0.162. The van der Waals surface area contributed by atoms with Gasteiger partial charge in [-0.15, -0.1) is 0 Å². The van der Waals surface area contributed by atoms with E-state index in [0.29, 0.717) is 0 Å². The monoisotopic (exact) mass is 782 g/mol. The molecule has 3 heteroatoms. The number of allylic oxidation sites excluding steroid dienone is 8. The van der Waals surface area contributed by atoms with Crippen molar-refractivity contribution in [3.05, 3.63) is 221 Å². The number of pyridine rings is 1. The Kier molecular flexibility index (Phi) is 8.15. The van der Waals surface area contributed by atoms with Crippen LogP contribution in [0.2, 0.25) is 0 Å². The number of para-hydroxylation sites is 2. The normalized spacial score (nSPS) is 16.9. The van der Waals surface area contributed by atoms with E-state index in [4.69, 9.17) is 4.98 Å². The van der Waals surface area contributed by atoms with Crippen LogP contribution < -0.4 is 0 Å². The first-order valence-electron chi connectivity index (χ1n) is 20.8. The Hall–Kier alpha value is -7.12. The van der Waals surface area contributed by atoms with Gasteiger partial charge in [0.25, 0.3) is 0 Å². The predicted octanol–water partition coefficient (Wildman–Crippen LogP) is 14.8. The van der Waals surface area contributed by atoms with Gasteiger partial charge >= 0.3 is 0 Å². The van der Waals surface area contributed by atoms with Gasteiger partial charge in [0.05, 0.1) is 22.2 Å². The second kappa shape index (κ2) is 14.0. The maximum atomic E-state index is 5.35. The molecule has 1 aliphatic heterocycles. The lowest BCUT2D eigenvalue weighted by molar-refractivity contribution is 0.724. The first-order chi connectivity index (χ1) is 29.7. The van der Waals surface area contributed by atoms with Gasteiger partial charge in [-0.25, -0.2) is 4.98 Å². The van der Waals surface area contributed by atoms with E-state index in [0.717, 1.165) is 34.3 Å². The van der Waals surface area contributed by atoms with Crippen LogP contribution in [0, 0.1) is 18.8 Å². The lowest BCUT2D eigenvalue weighted by Crippen LogP contribution is -2.12. The van der Waals surface area contributed by atoms with Crippen molar-refractivity contribution >= 4 is 66.4 Å². The predicted molar refractivity (Wildman–Crippen MR) is 254 cm³/mol. The second-order valence-electron chi connectivity index (χ2n) is 16.0. The second-order valence-corrected chi connectivity index (χ2v) is 17.1. The molecule has 2 unspecified atom stereocenters. The molecule has 0 N–H and O–H groups in total. The fourth-order valence-electron chi connectivity index (χ4n) is 9.83. The molecule has 60 heavy (non-hydrogen) atoms. The van der Waals surface area contributed by atoms with E-state index in [2.05, 4.69) is 211 Å². The van der Waals surface area contributed by atoms with Crippen LogP contribution >= 0.6 is 11.8 Å². The molecule has 0 spiro atoms. The molecule has 0 saturated heterocycles. The van der Waals surface area contributed by atoms with Gasteiger partial charge in [0.15, 0.2) is 0 Å². The van der Waals surface area contributed by atoms with Gasteiger partial charge in [-0.05, 0) is 111 Å². The summed E-state index contributed by atoms with van der Waals surface area (Å²) in [6.07, 6.45) is 12.1. The third-order valence-corrected chi connectivity index (χ3v) is 13.8. The largest absolute Gasteiger partial charge is 0.309 e.